The molecular formula is C24H19Cl2F4N3O2. The maximum Gasteiger partial charge on any atom is 0.435 e. The van der Waals surface area contributed by atoms with Gasteiger partial charge in [0.1, 0.15) is 0 Å². The van der Waals surface area contributed by atoms with Gasteiger partial charge < -0.3 is 10.2 Å². The van der Waals surface area contributed by atoms with E-state index in [0.29, 0.717) is 21.9 Å². The highest BCUT2D eigenvalue weighted by molar-refractivity contribution is 6.35. The average molecular weight is 528 g/mol. The fourth-order valence-electron chi connectivity index (χ4n) is 3.88. The molecule has 1 N–H and O–H groups in total. The molecule has 35 heavy (non-hydrogen) atoms. The minimum absolute atomic E-state index is 0.0159. The van der Waals surface area contributed by atoms with Crippen LogP contribution in [0.4, 0.5) is 17.6 Å². The molecule has 1 aliphatic rings. The third-order valence-electron chi connectivity index (χ3n) is 5.50. The molecule has 4 rings (SSSR count). The molecule has 3 aromatic rings. The molecule has 184 valence electrons. The van der Waals surface area contributed by atoms with Crippen LogP contribution in [0.15, 0.2) is 47.9 Å². The largest absolute Gasteiger partial charge is 0.435 e. The van der Waals surface area contributed by atoms with Crippen molar-refractivity contribution in [2.24, 2.45) is 5.16 Å². The quantitative estimate of drug-likeness (QED) is 0.301. The molecule has 5 nitrogen and oxygen atoms in total. The van der Waals surface area contributed by atoms with Gasteiger partial charge in [-0.15, -0.1) is 0 Å². The van der Waals surface area contributed by atoms with Crippen LogP contribution in [0.2, 0.25) is 10.0 Å². The molecule has 0 radical (unpaired) electrons. The molecule has 0 aliphatic carbocycles. The van der Waals surface area contributed by atoms with Crippen LogP contribution >= 0.6 is 23.2 Å². The van der Waals surface area contributed by atoms with Crippen molar-refractivity contribution in [2.75, 3.05) is 0 Å². The molecule has 1 atom stereocenters. The first-order chi connectivity index (χ1) is 16.2. The van der Waals surface area contributed by atoms with Crippen LogP contribution in [0.25, 0.3) is 10.8 Å². The van der Waals surface area contributed by atoms with Gasteiger partial charge in [-0.05, 0) is 50.4 Å². The third-order valence-corrected chi connectivity index (χ3v) is 6.05. The fourth-order valence-corrected chi connectivity index (χ4v) is 4.37. The Balaban J connectivity index is 1.80. The topological polar surface area (TPSA) is 63.6 Å². The number of pyridine rings is 1. The summed E-state index contributed by atoms with van der Waals surface area (Å²) >= 11 is 11.5. The first kappa shape index (κ1) is 25.2. The number of nitrogens with zero attached hydrogens (tertiary/aromatic N) is 2. The normalized spacial score (nSPS) is 18.4. The molecule has 0 bridgehead atoms. The van der Waals surface area contributed by atoms with Crippen LogP contribution in [0.5, 0.6) is 0 Å². The SMILES string of the molecule is CC(C)(C)NC(=O)c1ccc(C2=NOC(c3cc(Cl)c(F)c(Cl)c3)(C(F)(F)F)C2)c2ccncc12. The highest BCUT2D eigenvalue weighted by Crippen LogP contribution is 2.50. The molecule has 1 unspecified atom stereocenters. The number of alkyl halides is 3. The molecule has 0 spiro atoms. The predicted octanol–water partition coefficient (Wildman–Crippen LogP) is 6.79. The zero-order valence-corrected chi connectivity index (χ0v) is 20.2. The van der Waals surface area contributed by atoms with Gasteiger partial charge in [0.2, 0.25) is 0 Å². The van der Waals surface area contributed by atoms with Gasteiger partial charge in [0, 0.05) is 46.4 Å². The minimum atomic E-state index is -4.94. The first-order valence-electron chi connectivity index (χ1n) is 10.4. The van der Waals surface area contributed by atoms with Crippen LogP contribution in [0.3, 0.4) is 0 Å². The molecule has 0 saturated carbocycles. The van der Waals surface area contributed by atoms with Crippen LogP contribution in [-0.4, -0.2) is 28.3 Å². The van der Waals surface area contributed by atoms with E-state index in [9.17, 15) is 22.4 Å². The molecule has 1 aromatic heterocycles. The summed E-state index contributed by atoms with van der Waals surface area (Å²) < 4.78 is 57.0. The van der Waals surface area contributed by atoms with Gasteiger partial charge in [0.05, 0.1) is 15.8 Å². The number of aromatic nitrogens is 1. The summed E-state index contributed by atoms with van der Waals surface area (Å²) in [5.41, 5.74) is -3.28. The van der Waals surface area contributed by atoms with Crippen molar-refractivity contribution in [1.29, 1.82) is 0 Å². The molecule has 2 heterocycles. The summed E-state index contributed by atoms with van der Waals surface area (Å²) in [6.45, 7) is 5.49. The van der Waals surface area contributed by atoms with E-state index in [0.717, 1.165) is 12.1 Å². The molecule has 11 heteroatoms. The van der Waals surface area contributed by atoms with E-state index in [1.54, 1.807) is 6.07 Å². The average Bonchev–Trinajstić information content (AvgIpc) is 3.22. The second-order valence-corrected chi connectivity index (χ2v) is 9.99. The number of nitrogens with one attached hydrogen (secondary N) is 1. The van der Waals surface area contributed by atoms with Gasteiger partial charge in [-0.3, -0.25) is 9.78 Å². The van der Waals surface area contributed by atoms with E-state index in [1.807, 2.05) is 20.8 Å². The van der Waals surface area contributed by atoms with Crippen LogP contribution in [0, 0.1) is 5.82 Å². The molecule has 1 aliphatic heterocycles. The van der Waals surface area contributed by atoms with E-state index in [4.69, 9.17) is 28.0 Å². The molecule has 0 saturated heterocycles. The number of hydrogen-bond donors (Lipinski definition) is 1. The Hall–Kier alpha value is -2.91. The number of amides is 1. The number of carbonyl (C=O) groups is 1. The van der Waals surface area contributed by atoms with E-state index < -0.39 is 45.2 Å². The Bertz CT molecular complexity index is 1350. The highest BCUT2D eigenvalue weighted by Gasteiger charge is 2.62. The number of carbonyl (C=O) groups excluding carboxylic acids is 1. The zero-order valence-electron chi connectivity index (χ0n) is 18.7. The summed E-state index contributed by atoms with van der Waals surface area (Å²) in [6.07, 6.45) is -2.74. The first-order valence-corrected chi connectivity index (χ1v) is 11.2. The van der Waals surface area contributed by atoms with Crippen LogP contribution in [-0.2, 0) is 10.4 Å². The van der Waals surface area contributed by atoms with Crippen molar-refractivity contribution in [1.82, 2.24) is 10.3 Å². The smallest absolute Gasteiger partial charge is 0.374 e. The van der Waals surface area contributed by atoms with E-state index in [-0.39, 0.29) is 11.6 Å². The minimum Gasteiger partial charge on any atom is -0.374 e. The maximum atomic E-state index is 14.4. The van der Waals surface area contributed by atoms with Crippen molar-refractivity contribution >= 4 is 45.6 Å². The lowest BCUT2D eigenvalue weighted by atomic mass is 9.85. The second-order valence-electron chi connectivity index (χ2n) is 9.17. The number of fused-ring (bicyclic) bond motifs is 1. The van der Waals surface area contributed by atoms with E-state index in [2.05, 4.69) is 15.5 Å². The summed E-state index contributed by atoms with van der Waals surface area (Å²) in [5.74, 6) is -1.39. The molecule has 1 amide bonds. The van der Waals surface area contributed by atoms with Gasteiger partial charge >= 0.3 is 6.18 Å². The van der Waals surface area contributed by atoms with Crippen molar-refractivity contribution in [3.05, 3.63) is 75.3 Å². The molecular weight excluding hydrogens is 509 g/mol. The predicted molar refractivity (Wildman–Crippen MR) is 125 cm³/mol. The summed E-state index contributed by atoms with van der Waals surface area (Å²) in [7, 11) is 0. The Labute approximate surface area is 208 Å². The number of hydrogen-bond acceptors (Lipinski definition) is 4. The number of oxime groups is 1. The Morgan fingerprint density at radius 1 is 1.09 bits per heavy atom. The highest BCUT2D eigenvalue weighted by atomic mass is 35.5. The Morgan fingerprint density at radius 2 is 1.74 bits per heavy atom. The van der Waals surface area contributed by atoms with E-state index in [1.165, 1.54) is 24.5 Å². The maximum absolute atomic E-state index is 14.4. The Morgan fingerprint density at radius 3 is 2.34 bits per heavy atom. The number of rotatable bonds is 3. The molecule has 0 fully saturated rings. The monoisotopic (exact) mass is 527 g/mol. The van der Waals surface area contributed by atoms with Gasteiger partial charge in [0.25, 0.3) is 11.5 Å². The van der Waals surface area contributed by atoms with Crippen LogP contribution < -0.4 is 5.32 Å². The van der Waals surface area contributed by atoms with Crippen LogP contribution in [0.1, 0.15) is 48.7 Å². The number of halogens is 6. The summed E-state index contributed by atoms with van der Waals surface area (Å²) in [4.78, 5) is 21.9. The van der Waals surface area contributed by atoms with Crippen molar-refractivity contribution in [2.45, 2.75) is 44.5 Å². The fraction of sp³-hybridized carbons (Fsp3) is 0.292. The van der Waals surface area contributed by atoms with Crippen molar-refractivity contribution in [3.63, 3.8) is 0 Å². The summed E-state index contributed by atoms with van der Waals surface area (Å²) in [6, 6.07) is 6.26. The second kappa shape index (κ2) is 8.64. The van der Waals surface area contributed by atoms with Gasteiger partial charge in [-0.25, -0.2) is 4.39 Å². The van der Waals surface area contributed by atoms with Gasteiger partial charge in [0.15, 0.2) is 5.82 Å². The molecule has 2 aromatic carbocycles. The lowest BCUT2D eigenvalue weighted by Crippen LogP contribution is -2.42. The third kappa shape index (κ3) is 4.54. The van der Waals surface area contributed by atoms with Gasteiger partial charge in [-0.1, -0.05) is 34.4 Å². The Kier molecular flexibility index (Phi) is 6.22. The van der Waals surface area contributed by atoms with E-state index >= 15 is 0 Å². The van der Waals surface area contributed by atoms with Crippen molar-refractivity contribution < 1.29 is 27.2 Å². The zero-order chi connectivity index (χ0) is 25.8. The number of benzene rings is 2. The summed E-state index contributed by atoms with van der Waals surface area (Å²) in [5, 5.41) is 6.39. The lowest BCUT2D eigenvalue weighted by molar-refractivity contribution is -0.275. The lowest BCUT2D eigenvalue weighted by Gasteiger charge is -2.29. The standard InChI is InChI=1S/C24H19Cl2F4N3O2/c1-22(2,3)32-21(34)15-5-4-14(13-6-7-31-11-16(13)15)19-10-23(35-33-19,24(28,29)30)12-8-17(25)20(27)18(26)9-12/h4-9,11H,10H2,1-3H3,(H,32,34). The van der Waals surface area contributed by atoms with Gasteiger partial charge in [-0.2, -0.15) is 13.2 Å². The van der Waals surface area contributed by atoms with Crippen molar-refractivity contribution in [3.8, 4) is 0 Å².